The zero-order valence-corrected chi connectivity index (χ0v) is 11.8. The summed E-state index contributed by atoms with van der Waals surface area (Å²) in [5, 5.41) is 27.1. The van der Waals surface area contributed by atoms with Crippen molar-refractivity contribution in [2.45, 2.75) is 76.9 Å². The van der Waals surface area contributed by atoms with Crippen LogP contribution in [0.5, 0.6) is 0 Å². The van der Waals surface area contributed by atoms with Crippen LogP contribution in [0.3, 0.4) is 0 Å². The van der Waals surface area contributed by atoms with Crippen LogP contribution in [-0.2, 0) is 0 Å². The highest BCUT2D eigenvalue weighted by Crippen LogP contribution is 2.11. The molecule has 0 amide bonds. The molecule has 0 aromatic heterocycles. The molecule has 0 aliphatic heterocycles. The molecular weight excluding hydrogens is 240 g/mol. The number of hydrogen-bond donors (Lipinski definition) is 3. The van der Waals surface area contributed by atoms with Gasteiger partial charge in [-0.2, -0.15) is 0 Å². The highest BCUT2D eigenvalue weighted by molar-refractivity contribution is 5.85. The van der Waals surface area contributed by atoms with Crippen molar-refractivity contribution in [2.24, 2.45) is 0 Å². The molecule has 0 aliphatic rings. The van der Waals surface area contributed by atoms with Gasteiger partial charge in [-0.15, -0.1) is 12.4 Å². The predicted octanol–water partition coefficient (Wildman–Crippen LogP) is 2.65. The summed E-state index contributed by atoms with van der Waals surface area (Å²) in [6, 6.07) is 0. The van der Waals surface area contributed by atoms with Gasteiger partial charge in [0.05, 0.1) is 12.7 Å². The molecule has 0 saturated heterocycles. The molecule has 0 fully saturated rings. The predicted molar refractivity (Wildman–Crippen MR) is 73.6 cm³/mol. The second-order valence-electron chi connectivity index (χ2n) is 4.58. The van der Waals surface area contributed by atoms with Crippen LogP contribution < -0.4 is 0 Å². The molecule has 0 aromatic carbocycles. The van der Waals surface area contributed by atoms with Gasteiger partial charge in [-0.05, 0) is 6.42 Å². The number of halogens is 1. The van der Waals surface area contributed by atoms with Gasteiger partial charge in [-0.25, -0.2) is 0 Å². The summed E-state index contributed by atoms with van der Waals surface area (Å²) in [6.45, 7) is 1.87. The number of aliphatic hydroxyl groups is 3. The standard InChI is InChI=1S/C13H28O3.ClH/c1-2-3-4-5-6-7-8-9-10-12(15)13(16)11-14;/h12-16H,2-11H2,1H3;1H. The number of rotatable bonds is 11. The zero-order chi connectivity index (χ0) is 12.2. The summed E-state index contributed by atoms with van der Waals surface area (Å²) in [4.78, 5) is 0. The van der Waals surface area contributed by atoms with Crippen LogP contribution in [0, 0.1) is 0 Å². The Balaban J connectivity index is 0. The molecular formula is C13H29ClO3. The molecule has 0 bridgehead atoms. The fourth-order valence-corrected chi connectivity index (χ4v) is 1.80. The van der Waals surface area contributed by atoms with Crippen molar-refractivity contribution in [3.63, 3.8) is 0 Å². The van der Waals surface area contributed by atoms with Crippen LogP contribution in [0.4, 0.5) is 0 Å². The van der Waals surface area contributed by atoms with E-state index in [9.17, 15) is 5.11 Å². The second-order valence-corrected chi connectivity index (χ2v) is 4.58. The third kappa shape index (κ3) is 12.4. The minimum atomic E-state index is -0.968. The SMILES string of the molecule is CCCCCCCCCCC(O)C(O)CO.Cl. The van der Waals surface area contributed by atoms with Crippen LogP contribution >= 0.6 is 12.4 Å². The monoisotopic (exact) mass is 268 g/mol. The summed E-state index contributed by atoms with van der Waals surface area (Å²) in [7, 11) is 0. The molecule has 3 N–H and O–H groups in total. The average Bonchev–Trinajstić information content (AvgIpc) is 2.31. The van der Waals surface area contributed by atoms with E-state index in [1.54, 1.807) is 0 Å². The largest absolute Gasteiger partial charge is 0.394 e. The Bertz CT molecular complexity index is 145. The maximum Gasteiger partial charge on any atom is 0.103 e. The molecule has 0 heterocycles. The molecule has 106 valence electrons. The Labute approximate surface area is 112 Å². The molecule has 0 radical (unpaired) electrons. The van der Waals surface area contributed by atoms with Gasteiger partial charge in [0.1, 0.15) is 6.10 Å². The average molecular weight is 269 g/mol. The van der Waals surface area contributed by atoms with E-state index in [2.05, 4.69) is 6.92 Å². The van der Waals surface area contributed by atoms with Gasteiger partial charge in [0.25, 0.3) is 0 Å². The van der Waals surface area contributed by atoms with Crippen molar-refractivity contribution in [3.8, 4) is 0 Å². The van der Waals surface area contributed by atoms with E-state index in [0.717, 1.165) is 12.8 Å². The summed E-state index contributed by atoms with van der Waals surface area (Å²) < 4.78 is 0. The first-order valence-corrected chi connectivity index (χ1v) is 6.69. The first-order chi connectivity index (χ1) is 7.72. The lowest BCUT2D eigenvalue weighted by atomic mass is 10.0. The second kappa shape index (κ2) is 14.2. The van der Waals surface area contributed by atoms with Gasteiger partial charge in [0, 0.05) is 0 Å². The third-order valence-corrected chi connectivity index (χ3v) is 2.98. The first kappa shape index (κ1) is 19.5. The van der Waals surface area contributed by atoms with Gasteiger partial charge in [-0.3, -0.25) is 0 Å². The zero-order valence-electron chi connectivity index (χ0n) is 11.0. The number of unbranched alkanes of at least 4 members (excludes halogenated alkanes) is 7. The molecule has 0 aliphatic carbocycles. The van der Waals surface area contributed by atoms with Crippen LogP contribution in [0.2, 0.25) is 0 Å². The van der Waals surface area contributed by atoms with Gasteiger partial charge in [0.2, 0.25) is 0 Å². The number of hydrogen-bond acceptors (Lipinski definition) is 3. The minimum absolute atomic E-state index is 0. The number of aliphatic hydroxyl groups excluding tert-OH is 3. The Morgan fingerprint density at radius 3 is 1.71 bits per heavy atom. The Morgan fingerprint density at radius 2 is 1.24 bits per heavy atom. The van der Waals surface area contributed by atoms with E-state index in [1.807, 2.05) is 0 Å². The van der Waals surface area contributed by atoms with E-state index in [4.69, 9.17) is 10.2 Å². The van der Waals surface area contributed by atoms with Crippen LogP contribution in [-0.4, -0.2) is 34.1 Å². The van der Waals surface area contributed by atoms with E-state index in [-0.39, 0.29) is 19.0 Å². The van der Waals surface area contributed by atoms with Gasteiger partial charge in [-0.1, -0.05) is 58.3 Å². The van der Waals surface area contributed by atoms with E-state index in [0.29, 0.717) is 6.42 Å². The van der Waals surface area contributed by atoms with E-state index in [1.165, 1.54) is 38.5 Å². The topological polar surface area (TPSA) is 60.7 Å². The van der Waals surface area contributed by atoms with Crippen LogP contribution in [0.25, 0.3) is 0 Å². The summed E-state index contributed by atoms with van der Waals surface area (Å²) >= 11 is 0. The Kier molecular flexibility index (Phi) is 16.3. The van der Waals surface area contributed by atoms with Crippen molar-refractivity contribution >= 4 is 12.4 Å². The quantitative estimate of drug-likeness (QED) is 0.505. The molecule has 4 heteroatoms. The van der Waals surface area contributed by atoms with Gasteiger partial charge < -0.3 is 15.3 Å². The molecule has 17 heavy (non-hydrogen) atoms. The van der Waals surface area contributed by atoms with Crippen LogP contribution in [0.15, 0.2) is 0 Å². The molecule has 0 spiro atoms. The molecule has 0 aromatic rings. The Hall–Kier alpha value is 0.170. The fraction of sp³-hybridized carbons (Fsp3) is 1.00. The summed E-state index contributed by atoms with van der Waals surface area (Å²) in [6.07, 6.45) is 8.67. The van der Waals surface area contributed by atoms with Crippen LogP contribution in [0.1, 0.15) is 64.7 Å². The lowest BCUT2D eigenvalue weighted by molar-refractivity contribution is -0.0185. The summed E-state index contributed by atoms with van der Waals surface area (Å²) in [5.41, 5.74) is 0. The molecule has 0 saturated carbocycles. The van der Waals surface area contributed by atoms with Crippen molar-refractivity contribution in [1.82, 2.24) is 0 Å². The molecule has 0 rings (SSSR count). The highest BCUT2D eigenvalue weighted by atomic mass is 35.5. The molecule has 2 unspecified atom stereocenters. The molecule has 2 atom stereocenters. The minimum Gasteiger partial charge on any atom is -0.394 e. The van der Waals surface area contributed by atoms with Gasteiger partial charge in [0.15, 0.2) is 0 Å². The normalized spacial score (nSPS) is 14.1. The van der Waals surface area contributed by atoms with Crippen molar-refractivity contribution in [3.05, 3.63) is 0 Å². The van der Waals surface area contributed by atoms with E-state index >= 15 is 0 Å². The highest BCUT2D eigenvalue weighted by Gasteiger charge is 2.13. The third-order valence-electron chi connectivity index (χ3n) is 2.98. The fourth-order valence-electron chi connectivity index (χ4n) is 1.80. The summed E-state index contributed by atoms with van der Waals surface area (Å²) in [5.74, 6) is 0. The first-order valence-electron chi connectivity index (χ1n) is 6.69. The smallest absolute Gasteiger partial charge is 0.103 e. The van der Waals surface area contributed by atoms with Crippen molar-refractivity contribution in [2.75, 3.05) is 6.61 Å². The lowest BCUT2D eigenvalue weighted by Crippen LogP contribution is -2.28. The van der Waals surface area contributed by atoms with Gasteiger partial charge >= 0.3 is 0 Å². The Morgan fingerprint density at radius 1 is 0.765 bits per heavy atom. The van der Waals surface area contributed by atoms with Crippen molar-refractivity contribution in [1.29, 1.82) is 0 Å². The molecule has 3 nitrogen and oxygen atoms in total. The van der Waals surface area contributed by atoms with Crippen molar-refractivity contribution < 1.29 is 15.3 Å². The van der Waals surface area contributed by atoms with E-state index < -0.39 is 12.2 Å². The maximum atomic E-state index is 9.38. The lowest BCUT2D eigenvalue weighted by Gasteiger charge is -2.14. The maximum absolute atomic E-state index is 9.38.